The number of ether oxygens (including phenoxy) is 3. The second kappa shape index (κ2) is 7.33. The summed E-state index contributed by atoms with van der Waals surface area (Å²) in [5.41, 5.74) is -0.0874. The van der Waals surface area contributed by atoms with E-state index in [9.17, 15) is 9.90 Å². The number of aliphatic hydroxyl groups excluding tert-OH is 2. The summed E-state index contributed by atoms with van der Waals surface area (Å²) in [6.45, 7) is 4.72. The van der Waals surface area contributed by atoms with E-state index < -0.39 is 24.4 Å². The molecule has 0 spiro atoms. The highest BCUT2D eigenvalue weighted by Gasteiger charge is 2.21. The summed E-state index contributed by atoms with van der Waals surface area (Å²) in [6.07, 6.45) is -1.85. The SMILES string of the molecule is COc1cc(NC(=O)OC(C)(C)C)c(C(O)CO)cc1OC. The molecule has 1 aromatic rings. The number of rotatable bonds is 5. The van der Waals surface area contributed by atoms with Crippen molar-refractivity contribution >= 4 is 11.8 Å². The second-order valence-corrected chi connectivity index (χ2v) is 5.62. The molecule has 0 saturated heterocycles. The van der Waals surface area contributed by atoms with Gasteiger partial charge in [-0.15, -0.1) is 0 Å². The molecule has 3 N–H and O–H groups in total. The van der Waals surface area contributed by atoms with E-state index in [0.717, 1.165) is 0 Å². The molecule has 0 aliphatic heterocycles. The van der Waals surface area contributed by atoms with Gasteiger partial charge in [-0.25, -0.2) is 4.79 Å². The van der Waals surface area contributed by atoms with Crippen LogP contribution in [0.3, 0.4) is 0 Å². The fraction of sp³-hybridized carbons (Fsp3) is 0.533. The third-order valence-corrected chi connectivity index (χ3v) is 2.72. The van der Waals surface area contributed by atoms with Crippen molar-refractivity contribution in [3.8, 4) is 11.5 Å². The van der Waals surface area contributed by atoms with Crippen LogP contribution in [0.1, 0.15) is 32.4 Å². The van der Waals surface area contributed by atoms with Crippen LogP contribution in [0.5, 0.6) is 11.5 Å². The fourth-order valence-electron chi connectivity index (χ4n) is 1.79. The van der Waals surface area contributed by atoms with Crippen molar-refractivity contribution in [1.82, 2.24) is 0 Å². The molecule has 1 unspecified atom stereocenters. The summed E-state index contributed by atoms with van der Waals surface area (Å²) in [6, 6.07) is 2.99. The Kier molecular flexibility index (Phi) is 6.01. The van der Waals surface area contributed by atoms with Crippen LogP contribution in [-0.2, 0) is 4.74 Å². The molecule has 1 atom stereocenters. The standard InChI is InChI=1S/C15H23NO6/c1-15(2,3)22-14(19)16-10-7-13(21-5)12(20-4)6-9(10)11(18)8-17/h6-7,11,17-18H,8H2,1-5H3,(H,16,19). The maximum atomic E-state index is 11.9. The summed E-state index contributed by atoms with van der Waals surface area (Å²) in [4.78, 5) is 11.9. The summed E-state index contributed by atoms with van der Waals surface area (Å²) < 4.78 is 15.5. The lowest BCUT2D eigenvalue weighted by Crippen LogP contribution is -2.27. The van der Waals surface area contributed by atoms with E-state index in [2.05, 4.69) is 5.32 Å². The van der Waals surface area contributed by atoms with E-state index in [1.807, 2.05) is 0 Å². The maximum absolute atomic E-state index is 11.9. The van der Waals surface area contributed by atoms with Crippen molar-refractivity contribution < 1.29 is 29.2 Å². The molecule has 1 rings (SSSR count). The summed E-state index contributed by atoms with van der Waals surface area (Å²) in [5.74, 6) is 0.752. The number of aliphatic hydroxyl groups is 2. The molecule has 0 radical (unpaired) electrons. The van der Waals surface area contributed by atoms with Crippen molar-refractivity contribution in [2.75, 3.05) is 26.1 Å². The zero-order valence-corrected chi connectivity index (χ0v) is 13.5. The van der Waals surface area contributed by atoms with Crippen LogP contribution in [0, 0.1) is 0 Å². The Hall–Kier alpha value is -1.99. The topological polar surface area (TPSA) is 97.3 Å². The molecule has 1 amide bonds. The van der Waals surface area contributed by atoms with Crippen molar-refractivity contribution in [2.24, 2.45) is 0 Å². The van der Waals surface area contributed by atoms with Gasteiger partial charge in [0.25, 0.3) is 0 Å². The number of carbonyl (C=O) groups excluding carboxylic acids is 1. The smallest absolute Gasteiger partial charge is 0.412 e. The van der Waals surface area contributed by atoms with Crippen LogP contribution in [0.2, 0.25) is 0 Å². The van der Waals surface area contributed by atoms with Gasteiger partial charge >= 0.3 is 6.09 Å². The first-order valence-electron chi connectivity index (χ1n) is 6.76. The van der Waals surface area contributed by atoms with Gasteiger partial charge < -0.3 is 24.4 Å². The van der Waals surface area contributed by atoms with Crippen LogP contribution < -0.4 is 14.8 Å². The molecule has 7 heteroatoms. The molecule has 0 saturated carbocycles. The molecule has 7 nitrogen and oxygen atoms in total. The molecule has 0 heterocycles. The van der Waals surface area contributed by atoms with Crippen LogP contribution >= 0.6 is 0 Å². The number of nitrogens with one attached hydrogen (secondary N) is 1. The Morgan fingerprint density at radius 3 is 2.23 bits per heavy atom. The largest absolute Gasteiger partial charge is 0.493 e. The summed E-state index contributed by atoms with van der Waals surface area (Å²) in [5, 5.41) is 21.6. The molecule has 124 valence electrons. The minimum Gasteiger partial charge on any atom is -0.493 e. The van der Waals surface area contributed by atoms with Crippen molar-refractivity contribution in [2.45, 2.75) is 32.5 Å². The van der Waals surface area contributed by atoms with E-state index in [0.29, 0.717) is 17.1 Å². The highest BCUT2D eigenvalue weighted by atomic mass is 16.6. The first kappa shape index (κ1) is 18.1. The second-order valence-electron chi connectivity index (χ2n) is 5.62. The van der Waals surface area contributed by atoms with Gasteiger partial charge in [0, 0.05) is 11.6 Å². The van der Waals surface area contributed by atoms with Gasteiger partial charge in [-0.3, -0.25) is 5.32 Å². The first-order chi connectivity index (χ1) is 10.2. The molecular formula is C15H23NO6. The van der Waals surface area contributed by atoms with Gasteiger partial charge in [-0.2, -0.15) is 0 Å². The lowest BCUT2D eigenvalue weighted by Gasteiger charge is -2.22. The molecule has 0 bridgehead atoms. The van der Waals surface area contributed by atoms with Gasteiger partial charge in [-0.05, 0) is 26.8 Å². The van der Waals surface area contributed by atoms with Gasteiger partial charge in [0.2, 0.25) is 0 Å². The third kappa shape index (κ3) is 4.78. The number of methoxy groups -OCH3 is 2. The van der Waals surface area contributed by atoms with E-state index in [1.54, 1.807) is 20.8 Å². The van der Waals surface area contributed by atoms with Crippen molar-refractivity contribution in [3.63, 3.8) is 0 Å². The Morgan fingerprint density at radius 1 is 1.23 bits per heavy atom. The summed E-state index contributed by atoms with van der Waals surface area (Å²) >= 11 is 0. The molecule has 0 aliphatic carbocycles. The number of carbonyl (C=O) groups is 1. The molecule has 0 aromatic heterocycles. The van der Waals surface area contributed by atoms with Crippen LogP contribution in [0.15, 0.2) is 12.1 Å². The van der Waals surface area contributed by atoms with Gasteiger partial charge in [0.1, 0.15) is 11.7 Å². The van der Waals surface area contributed by atoms with Crippen molar-refractivity contribution in [3.05, 3.63) is 17.7 Å². The molecule has 0 aliphatic rings. The third-order valence-electron chi connectivity index (χ3n) is 2.72. The lowest BCUT2D eigenvalue weighted by molar-refractivity contribution is 0.0634. The van der Waals surface area contributed by atoms with Crippen molar-refractivity contribution in [1.29, 1.82) is 0 Å². The normalized spacial score (nSPS) is 12.5. The Morgan fingerprint density at radius 2 is 1.77 bits per heavy atom. The molecule has 1 aromatic carbocycles. The van der Waals surface area contributed by atoms with Gasteiger partial charge in [0.05, 0.1) is 26.5 Å². The molecule has 0 fully saturated rings. The minimum absolute atomic E-state index is 0.272. The van der Waals surface area contributed by atoms with Crippen LogP contribution in [-0.4, -0.2) is 42.7 Å². The number of anilines is 1. The van der Waals surface area contributed by atoms with E-state index in [-0.39, 0.29) is 5.69 Å². The Labute approximate surface area is 129 Å². The lowest BCUT2D eigenvalue weighted by atomic mass is 10.1. The summed E-state index contributed by atoms with van der Waals surface area (Å²) in [7, 11) is 2.91. The average molecular weight is 313 g/mol. The van der Waals surface area contributed by atoms with Crippen LogP contribution in [0.4, 0.5) is 10.5 Å². The predicted molar refractivity (Wildman–Crippen MR) is 81.4 cm³/mol. The number of amides is 1. The van der Waals surface area contributed by atoms with Crippen LogP contribution in [0.25, 0.3) is 0 Å². The number of hydrogen-bond acceptors (Lipinski definition) is 6. The van der Waals surface area contributed by atoms with Gasteiger partial charge in [0.15, 0.2) is 11.5 Å². The van der Waals surface area contributed by atoms with E-state index in [1.165, 1.54) is 26.4 Å². The molecule has 22 heavy (non-hydrogen) atoms. The minimum atomic E-state index is -1.18. The fourth-order valence-corrected chi connectivity index (χ4v) is 1.79. The predicted octanol–water partition coefficient (Wildman–Crippen LogP) is 2.08. The Bertz CT molecular complexity index is 523. The first-order valence-corrected chi connectivity index (χ1v) is 6.76. The van der Waals surface area contributed by atoms with E-state index in [4.69, 9.17) is 19.3 Å². The monoisotopic (exact) mass is 313 g/mol. The highest BCUT2D eigenvalue weighted by molar-refractivity contribution is 5.87. The molecular weight excluding hydrogens is 290 g/mol. The van der Waals surface area contributed by atoms with E-state index >= 15 is 0 Å². The number of benzene rings is 1. The Balaban J connectivity index is 3.17. The quantitative estimate of drug-likeness (QED) is 0.770. The number of hydrogen-bond donors (Lipinski definition) is 3. The van der Waals surface area contributed by atoms with Gasteiger partial charge in [-0.1, -0.05) is 0 Å². The maximum Gasteiger partial charge on any atom is 0.412 e. The highest BCUT2D eigenvalue weighted by Crippen LogP contribution is 2.36. The zero-order valence-electron chi connectivity index (χ0n) is 13.5. The average Bonchev–Trinajstić information content (AvgIpc) is 2.43. The zero-order chi connectivity index (χ0) is 16.9.